The van der Waals surface area contributed by atoms with E-state index in [1.165, 1.54) is 0 Å². The minimum absolute atomic E-state index is 0.0498. The summed E-state index contributed by atoms with van der Waals surface area (Å²) in [5.74, 6) is 0.724. The second kappa shape index (κ2) is 7.69. The normalized spacial score (nSPS) is 14.1. The molecule has 1 aliphatic heterocycles. The van der Waals surface area contributed by atoms with E-state index >= 15 is 0 Å². The zero-order chi connectivity index (χ0) is 22.4. The third-order valence-electron chi connectivity index (χ3n) is 5.46. The fourth-order valence-corrected chi connectivity index (χ4v) is 4.22. The van der Waals surface area contributed by atoms with Gasteiger partial charge in [-0.05, 0) is 25.1 Å². The maximum atomic E-state index is 13.4. The fourth-order valence-electron chi connectivity index (χ4n) is 3.99. The van der Waals surface area contributed by atoms with Crippen LogP contribution in [0.5, 0.6) is 0 Å². The Kier molecular flexibility index (Phi) is 4.82. The maximum absolute atomic E-state index is 13.4. The Balaban J connectivity index is 1.67. The molecule has 0 saturated carbocycles. The van der Waals surface area contributed by atoms with Crippen molar-refractivity contribution in [2.75, 3.05) is 22.9 Å². The summed E-state index contributed by atoms with van der Waals surface area (Å²) in [6, 6.07) is 10.6. The number of fused-ring (bicyclic) bond motifs is 2. The van der Waals surface area contributed by atoms with Crippen LogP contribution in [0.15, 0.2) is 53.6 Å². The molecule has 162 valence electrons. The van der Waals surface area contributed by atoms with Gasteiger partial charge in [-0.1, -0.05) is 29.8 Å². The van der Waals surface area contributed by atoms with Crippen molar-refractivity contribution in [1.82, 2.24) is 18.9 Å². The number of hydrogen-bond acceptors (Lipinski definition) is 7. The quantitative estimate of drug-likeness (QED) is 0.437. The highest BCUT2D eigenvalue weighted by atomic mass is 35.5. The minimum Gasteiger partial charge on any atom is -0.369 e. The number of carbonyl (C=O) groups is 1. The Morgan fingerprint density at radius 2 is 1.97 bits per heavy atom. The number of Topliss-reactive ketones (excluding diaryl/α,β-unsaturated/α-hetero) is 1. The molecule has 0 saturated heterocycles. The Bertz CT molecular complexity index is 1410. The number of nitrogens with one attached hydrogen (secondary N) is 2. The first-order chi connectivity index (χ1) is 15.4. The van der Waals surface area contributed by atoms with Crippen molar-refractivity contribution in [1.29, 1.82) is 0 Å². The number of ketones is 1. The summed E-state index contributed by atoms with van der Waals surface area (Å²) in [4.78, 5) is 34.5. The summed E-state index contributed by atoms with van der Waals surface area (Å²) >= 11 is 6.29. The van der Waals surface area contributed by atoms with Gasteiger partial charge in [-0.3, -0.25) is 14.2 Å². The van der Waals surface area contributed by atoms with Crippen LogP contribution in [0.1, 0.15) is 35.4 Å². The third kappa shape index (κ3) is 3.27. The van der Waals surface area contributed by atoms with E-state index in [1.54, 1.807) is 21.2 Å². The number of para-hydroxylation sites is 1. The number of benzene rings is 1. The predicted molar refractivity (Wildman–Crippen MR) is 124 cm³/mol. The van der Waals surface area contributed by atoms with Gasteiger partial charge in [0.2, 0.25) is 5.95 Å². The molecule has 3 aromatic heterocycles. The Hall–Kier alpha value is -3.85. The molecule has 1 unspecified atom stereocenters. The summed E-state index contributed by atoms with van der Waals surface area (Å²) in [5.41, 5.74) is 7.73. The van der Waals surface area contributed by atoms with Crippen LogP contribution in [-0.4, -0.2) is 31.3 Å². The molecule has 9 nitrogen and oxygen atoms in total. The molecule has 5 rings (SSSR count). The monoisotopic (exact) mass is 449 g/mol. The number of nitrogen functional groups attached to an aromatic ring is 1. The molecule has 1 aliphatic rings. The highest BCUT2D eigenvalue weighted by molar-refractivity contribution is 6.33. The lowest BCUT2D eigenvalue weighted by atomic mass is 10.1. The second-order valence-corrected chi connectivity index (χ2v) is 7.98. The summed E-state index contributed by atoms with van der Waals surface area (Å²) in [6.07, 6.45) is 3.92. The smallest absolute Gasteiger partial charge is 0.281 e. The summed E-state index contributed by atoms with van der Waals surface area (Å²) in [6.45, 7) is 2.38. The largest absolute Gasteiger partial charge is 0.369 e. The molecule has 4 heterocycles. The molecule has 10 heteroatoms. The van der Waals surface area contributed by atoms with E-state index in [0.29, 0.717) is 52.1 Å². The Morgan fingerprint density at radius 1 is 1.19 bits per heavy atom. The first-order valence-corrected chi connectivity index (χ1v) is 10.5. The number of carbonyl (C=O) groups excluding carboxylic acids is 1. The average Bonchev–Trinajstić information content (AvgIpc) is 3.15. The lowest BCUT2D eigenvalue weighted by Crippen LogP contribution is -2.28. The standard InChI is InChI=1S/C22H20ClN7O2/c1-12(26-20-17-16(31)7-9-25-19(17)27-22(24)28-20)15-11-29-10-8-14(23)18(29)21(32)30(15)13-5-3-2-4-6-13/h2-6,8,10-12H,7,9H2,1H3,(H4,24,25,26,27,28). The van der Waals surface area contributed by atoms with Crippen LogP contribution >= 0.6 is 11.6 Å². The fraction of sp³-hybridized carbons (Fsp3) is 0.182. The molecule has 0 aliphatic carbocycles. The molecule has 1 atom stereocenters. The Labute approximate surface area is 187 Å². The van der Waals surface area contributed by atoms with E-state index in [4.69, 9.17) is 17.3 Å². The van der Waals surface area contributed by atoms with Crippen molar-refractivity contribution in [3.05, 3.63) is 75.4 Å². The number of anilines is 3. The van der Waals surface area contributed by atoms with Gasteiger partial charge in [0.15, 0.2) is 5.78 Å². The maximum Gasteiger partial charge on any atom is 0.281 e. The lowest BCUT2D eigenvalue weighted by molar-refractivity contribution is 0.0984. The van der Waals surface area contributed by atoms with E-state index < -0.39 is 6.04 Å². The molecule has 0 fully saturated rings. The minimum atomic E-state index is -0.415. The van der Waals surface area contributed by atoms with Crippen molar-refractivity contribution in [2.24, 2.45) is 0 Å². The van der Waals surface area contributed by atoms with Gasteiger partial charge in [0.05, 0.1) is 16.8 Å². The van der Waals surface area contributed by atoms with E-state index in [-0.39, 0.29) is 17.3 Å². The zero-order valence-electron chi connectivity index (χ0n) is 17.2. The summed E-state index contributed by atoms with van der Waals surface area (Å²) in [5, 5.41) is 6.74. The van der Waals surface area contributed by atoms with Crippen molar-refractivity contribution in [3.63, 3.8) is 0 Å². The van der Waals surface area contributed by atoms with Crippen LogP contribution < -0.4 is 21.9 Å². The molecule has 0 spiro atoms. The van der Waals surface area contributed by atoms with Gasteiger partial charge in [-0.25, -0.2) is 0 Å². The van der Waals surface area contributed by atoms with Crippen LogP contribution in [-0.2, 0) is 0 Å². The van der Waals surface area contributed by atoms with Crippen LogP contribution in [0.2, 0.25) is 5.02 Å². The molecule has 0 amide bonds. The predicted octanol–water partition coefficient (Wildman–Crippen LogP) is 3.29. The van der Waals surface area contributed by atoms with Crippen LogP contribution in [0.3, 0.4) is 0 Å². The number of nitrogens with zero attached hydrogens (tertiary/aromatic N) is 4. The van der Waals surface area contributed by atoms with Crippen molar-refractivity contribution < 1.29 is 4.79 Å². The average molecular weight is 450 g/mol. The van der Waals surface area contributed by atoms with Gasteiger partial charge in [0.1, 0.15) is 22.7 Å². The highest BCUT2D eigenvalue weighted by Crippen LogP contribution is 2.30. The van der Waals surface area contributed by atoms with Gasteiger partial charge < -0.3 is 20.8 Å². The van der Waals surface area contributed by atoms with E-state index in [0.717, 1.165) is 0 Å². The molecule has 0 bridgehead atoms. The number of hydrogen-bond donors (Lipinski definition) is 3. The van der Waals surface area contributed by atoms with Crippen molar-refractivity contribution in [2.45, 2.75) is 19.4 Å². The molecule has 0 radical (unpaired) electrons. The first kappa shape index (κ1) is 20.1. The van der Waals surface area contributed by atoms with Gasteiger partial charge in [-0.2, -0.15) is 9.97 Å². The number of aromatic nitrogens is 4. The molecular formula is C22H20ClN7O2. The molecule has 4 aromatic rings. The molecular weight excluding hydrogens is 430 g/mol. The Morgan fingerprint density at radius 3 is 2.75 bits per heavy atom. The highest BCUT2D eigenvalue weighted by Gasteiger charge is 2.26. The van der Waals surface area contributed by atoms with E-state index in [1.807, 2.05) is 43.5 Å². The SMILES string of the molecule is CC(Nc1nc(N)nc2c1C(=O)CCN2)c1cn2ccc(Cl)c2c(=O)n1-c1ccccc1. The van der Waals surface area contributed by atoms with Crippen LogP contribution in [0.4, 0.5) is 17.6 Å². The first-order valence-electron chi connectivity index (χ1n) is 10.1. The van der Waals surface area contributed by atoms with Gasteiger partial charge in [-0.15, -0.1) is 0 Å². The number of rotatable bonds is 4. The third-order valence-corrected chi connectivity index (χ3v) is 5.77. The zero-order valence-corrected chi connectivity index (χ0v) is 17.9. The van der Waals surface area contributed by atoms with Gasteiger partial charge in [0.25, 0.3) is 5.56 Å². The van der Waals surface area contributed by atoms with Crippen molar-refractivity contribution in [3.8, 4) is 5.69 Å². The van der Waals surface area contributed by atoms with Crippen LogP contribution in [0.25, 0.3) is 11.2 Å². The topological polar surface area (TPSA) is 119 Å². The second-order valence-electron chi connectivity index (χ2n) is 7.57. The summed E-state index contributed by atoms with van der Waals surface area (Å²) in [7, 11) is 0. The van der Waals surface area contributed by atoms with Gasteiger partial charge >= 0.3 is 0 Å². The summed E-state index contributed by atoms with van der Waals surface area (Å²) < 4.78 is 3.31. The van der Waals surface area contributed by atoms with Gasteiger partial charge in [0, 0.05) is 31.0 Å². The van der Waals surface area contributed by atoms with E-state index in [2.05, 4.69) is 20.6 Å². The van der Waals surface area contributed by atoms with Crippen LogP contribution in [0, 0.1) is 0 Å². The lowest BCUT2D eigenvalue weighted by Gasteiger charge is -2.24. The molecule has 1 aromatic carbocycles. The van der Waals surface area contributed by atoms with E-state index in [9.17, 15) is 9.59 Å². The van der Waals surface area contributed by atoms with Crippen molar-refractivity contribution >= 4 is 40.5 Å². The molecule has 4 N–H and O–H groups in total. The number of nitrogens with two attached hydrogens (primary N) is 1. The molecule has 32 heavy (non-hydrogen) atoms. The number of halogens is 1.